The molecule has 1 N–H and O–H groups in total. The molecule has 0 aliphatic carbocycles. The van der Waals surface area contributed by atoms with Gasteiger partial charge in [0.2, 0.25) is 0 Å². The fourth-order valence-corrected chi connectivity index (χ4v) is 12.0. The Labute approximate surface area is 599 Å². The summed E-state index contributed by atoms with van der Waals surface area (Å²) in [4.78, 5) is 0. The van der Waals surface area contributed by atoms with Gasteiger partial charge in [-0.25, -0.2) is 0 Å². The summed E-state index contributed by atoms with van der Waals surface area (Å²) >= 11 is 0. The van der Waals surface area contributed by atoms with Crippen LogP contribution in [0.4, 0.5) is 0 Å². The van der Waals surface area contributed by atoms with Crippen molar-refractivity contribution in [3.05, 3.63) is 210 Å². The molecule has 0 saturated heterocycles. The minimum absolute atomic E-state index is 0.309. The van der Waals surface area contributed by atoms with Gasteiger partial charge in [-0.15, -0.1) is 0 Å². The van der Waals surface area contributed by atoms with Gasteiger partial charge in [-0.05, 0) is 375 Å². The summed E-state index contributed by atoms with van der Waals surface area (Å²) in [6.45, 7) is 46.2. The van der Waals surface area contributed by atoms with Crippen LogP contribution in [0.15, 0.2) is 210 Å². The Morgan fingerprint density at radius 3 is 0.406 bits per heavy atom. The lowest BCUT2D eigenvalue weighted by molar-refractivity contribution is 0.259. The molecule has 96 heavy (non-hydrogen) atoms. The van der Waals surface area contributed by atoms with Crippen LogP contribution in [0.25, 0.3) is 0 Å². The van der Waals surface area contributed by atoms with Gasteiger partial charge >= 0.3 is 0 Å². The van der Waals surface area contributed by atoms with Crippen molar-refractivity contribution in [3.63, 3.8) is 0 Å². The van der Waals surface area contributed by atoms with E-state index < -0.39 is 0 Å². The molecule has 0 fully saturated rings. The summed E-state index contributed by atoms with van der Waals surface area (Å²) in [5.74, 6) is 0.611. The standard InChI is InChI=1S/C95H156O/c1-77(2)39-21-40-78(3)41-22-42-79(4)43-23-44-80(5)45-24-46-81(6)47-25-48-82(7)49-26-50-83(8)51-27-52-84(9)53-28-54-85(10)55-29-56-86(11)57-30-58-87(12)59-31-60-88(13)61-32-62-89(14)63-33-64-90(15)65-34-66-91(16)67-35-68-92(17)69-36-70-93(18)71-37-72-94(19)73-38-74-95(20)75-76-96/h39,41,43,45,47,49,51,53,55,57,59,61,63,65,67,69,71,73,95-96H,21-38,40,42,44,46,48,50,52,54,56,58,60,62,64,66,68,70,72,74-76H2,1-20H3. The van der Waals surface area contributed by atoms with E-state index in [1.165, 1.54) is 216 Å². The van der Waals surface area contributed by atoms with Crippen molar-refractivity contribution >= 4 is 0 Å². The van der Waals surface area contributed by atoms with E-state index in [-0.39, 0.29) is 0 Å². The predicted octanol–water partition coefficient (Wildman–Crippen LogP) is 32.1. The number of allylic oxidation sites excluding steroid dienone is 36. The summed E-state index contributed by atoms with van der Waals surface area (Å²) in [6.07, 6.45) is 87.0. The Bertz CT molecular complexity index is 2680. The molecule has 0 aromatic carbocycles. The van der Waals surface area contributed by atoms with E-state index in [4.69, 9.17) is 5.11 Å². The fourth-order valence-electron chi connectivity index (χ4n) is 12.0. The monoisotopic (exact) mass is 1310 g/mol. The molecule has 0 aromatic heterocycles. The molecule has 0 heterocycles. The minimum Gasteiger partial charge on any atom is -0.396 e. The molecule has 0 aliphatic heterocycles. The Hall–Kier alpha value is -4.72. The predicted molar refractivity (Wildman–Crippen MR) is 440 cm³/mol. The van der Waals surface area contributed by atoms with Crippen LogP contribution in [-0.2, 0) is 0 Å². The van der Waals surface area contributed by atoms with E-state index in [2.05, 4.69) is 248 Å². The van der Waals surface area contributed by atoms with Crippen LogP contribution < -0.4 is 0 Å². The zero-order valence-electron chi connectivity index (χ0n) is 67.3. The Morgan fingerprint density at radius 2 is 0.292 bits per heavy atom. The SMILES string of the molecule is CC(C)=CCCC(C)=CCCC(C)=CCCC(C)=CCCC(C)=CCCC(C)=CCCC(C)=CCCC(C)=CCCC(C)=CCCC(C)=CCCC(C)=CCCC(C)=CCCC(C)=CCCC(C)=CCCC(C)=CCCC(C)=CCCC(C)=CCCC(C)=CCCC(C)CCO. The molecule has 1 nitrogen and oxygen atoms in total. The third-order valence-corrected chi connectivity index (χ3v) is 19.4. The van der Waals surface area contributed by atoms with Crippen LogP contribution in [0, 0.1) is 5.92 Å². The summed E-state index contributed by atoms with van der Waals surface area (Å²) in [5.41, 5.74) is 27.4. The second-order valence-corrected chi connectivity index (χ2v) is 30.5. The van der Waals surface area contributed by atoms with Gasteiger partial charge in [0.1, 0.15) is 0 Å². The second-order valence-electron chi connectivity index (χ2n) is 30.5. The molecule has 0 aliphatic rings. The Balaban J connectivity index is 4.35. The van der Waals surface area contributed by atoms with E-state index in [0.717, 1.165) is 122 Å². The topological polar surface area (TPSA) is 20.2 Å². The molecular weight excluding hydrogens is 1160 g/mol. The van der Waals surface area contributed by atoms with Gasteiger partial charge in [0, 0.05) is 6.61 Å². The molecule has 0 aromatic rings. The van der Waals surface area contributed by atoms with Crippen molar-refractivity contribution in [3.8, 4) is 0 Å². The lowest BCUT2D eigenvalue weighted by atomic mass is 10.0. The molecule has 0 radical (unpaired) electrons. The van der Waals surface area contributed by atoms with Crippen LogP contribution in [0.3, 0.4) is 0 Å². The van der Waals surface area contributed by atoms with E-state index in [1.807, 2.05) is 0 Å². The highest BCUT2D eigenvalue weighted by Gasteiger charge is 2.03. The van der Waals surface area contributed by atoms with Crippen LogP contribution >= 0.6 is 0 Å². The molecule has 0 bridgehead atoms. The highest BCUT2D eigenvalue weighted by molar-refractivity contribution is 5.15. The first-order chi connectivity index (χ1) is 45.9. The van der Waals surface area contributed by atoms with Gasteiger partial charge < -0.3 is 5.11 Å². The second kappa shape index (κ2) is 61.4. The maximum absolute atomic E-state index is 9.11. The number of aliphatic hydroxyl groups excluding tert-OH is 1. The molecule has 0 rings (SSSR count). The first kappa shape index (κ1) is 91.3. The quantitative estimate of drug-likeness (QED) is 0.0602. The smallest absolute Gasteiger partial charge is 0.0433 e. The van der Waals surface area contributed by atoms with Crippen LogP contribution in [0.2, 0.25) is 0 Å². The van der Waals surface area contributed by atoms with Gasteiger partial charge in [-0.2, -0.15) is 0 Å². The van der Waals surface area contributed by atoms with Gasteiger partial charge in [0.25, 0.3) is 0 Å². The molecular formula is C95H156O. The third kappa shape index (κ3) is 61.6. The summed E-state index contributed by atoms with van der Waals surface area (Å²) in [6, 6.07) is 0. The number of hydrogen-bond donors (Lipinski definition) is 1. The molecule has 1 heteroatoms. The van der Waals surface area contributed by atoms with E-state index in [0.29, 0.717) is 12.5 Å². The zero-order valence-corrected chi connectivity index (χ0v) is 67.3. The van der Waals surface area contributed by atoms with Crippen LogP contribution in [-0.4, -0.2) is 11.7 Å². The number of rotatable bonds is 56. The lowest BCUT2D eigenvalue weighted by Gasteiger charge is -2.07. The Morgan fingerprint density at radius 1 is 0.177 bits per heavy atom. The molecule has 0 saturated carbocycles. The van der Waals surface area contributed by atoms with Crippen molar-refractivity contribution < 1.29 is 5.11 Å². The highest BCUT2D eigenvalue weighted by Crippen LogP contribution is 2.23. The van der Waals surface area contributed by atoms with Crippen LogP contribution in [0.1, 0.15) is 376 Å². The summed E-state index contributed by atoms with van der Waals surface area (Å²) in [5, 5.41) is 9.11. The maximum atomic E-state index is 9.11. The van der Waals surface area contributed by atoms with Gasteiger partial charge in [-0.1, -0.05) is 217 Å². The van der Waals surface area contributed by atoms with Crippen molar-refractivity contribution in [2.24, 2.45) is 5.92 Å². The average Bonchev–Trinajstić information content (AvgIpc) is 3.73. The lowest BCUT2D eigenvalue weighted by Crippen LogP contribution is -1.97. The van der Waals surface area contributed by atoms with Crippen molar-refractivity contribution in [2.45, 2.75) is 376 Å². The first-order valence-corrected chi connectivity index (χ1v) is 39.3. The summed E-state index contributed by atoms with van der Waals surface area (Å²) in [7, 11) is 0. The molecule has 1 unspecified atom stereocenters. The van der Waals surface area contributed by atoms with Crippen molar-refractivity contribution in [2.75, 3.05) is 6.61 Å². The van der Waals surface area contributed by atoms with E-state index >= 15 is 0 Å². The van der Waals surface area contributed by atoms with Crippen molar-refractivity contribution in [1.82, 2.24) is 0 Å². The Kier molecular flexibility index (Phi) is 58.4. The minimum atomic E-state index is 0.309. The van der Waals surface area contributed by atoms with Gasteiger partial charge in [-0.3, -0.25) is 0 Å². The zero-order chi connectivity index (χ0) is 71.6. The van der Waals surface area contributed by atoms with Crippen molar-refractivity contribution in [1.29, 1.82) is 0 Å². The van der Waals surface area contributed by atoms with Crippen LogP contribution in [0.5, 0.6) is 0 Å². The maximum Gasteiger partial charge on any atom is 0.0433 e. The number of hydrogen-bond acceptors (Lipinski definition) is 1. The molecule has 1 atom stereocenters. The highest BCUT2D eigenvalue weighted by atomic mass is 16.3. The van der Waals surface area contributed by atoms with Gasteiger partial charge in [0.15, 0.2) is 0 Å². The average molecular weight is 1310 g/mol. The van der Waals surface area contributed by atoms with E-state index in [9.17, 15) is 0 Å². The normalized spacial score (nSPS) is 15.4. The molecule has 0 amide bonds. The third-order valence-electron chi connectivity index (χ3n) is 19.4. The number of aliphatic hydroxyl groups is 1. The molecule has 542 valence electrons. The largest absolute Gasteiger partial charge is 0.396 e. The van der Waals surface area contributed by atoms with Gasteiger partial charge in [0.05, 0.1) is 0 Å². The molecule has 0 spiro atoms. The van der Waals surface area contributed by atoms with E-state index in [1.54, 1.807) is 0 Å². The fraction of sp³-hybridized carbons (Fsp3) is 0.621. The first-order valence-electron chi connectivity index (χ1n) is 39.3. The summed E-state index contributed by atoms with van der Waals surface area (Å²) < 4.78 is 0.